The molecule has 0 bridgehead atoms. The van der Waals surface area contributed by atoms with Gasteiger partial charge in [0.2, 0.25) is 0 Å². The molecule has 2 amide bonds. The molecule has 0 spiro atoms. The monoisotopic (exact) mass is 286 g/mol. The van der Waals surface area contributed by atoms with Crippen LogP contribution >= 0.6 is 0 Å². The number of nitrogens with zero attached hydrogens (tertiary/aromatic N) is 1. The minimum atomic E-state index is -0.788. The van der Waals surface area contributed by atoms with E-state index in [2.05, 4.69) is 33.0 Å². The van der Waals surface area contributed by atoms with Crippen molar-refractivity contribution in [2.24, 2.45) is 17.8 Å². The summed E-state index contributed by atoms with van der Waals surface area (Å²) in [6, 6.07) is -0.0467. The van der Waals surface area contributed by atoms with Gasteiger partial charge in [0.25, 0.3) is 0 Å². The number of carbonyl (C=O) groups excluding carboxylic acids is 1. The van der Waals surface area contributed by atoms with Crippen molar-refractivity contribution < 1.29 is 14.7 Å². The van der Waals surface area contributed by atoms with Gasteiger partial charge in [0.05, 0.1) is 0 Å². The summed E-state index contributed by atoms with van der Waals surface area (Å²) in [4.78, 5) is 24.5. The molecular weight excluding hydrogens is 256 g/mol. The molecule has 118 valence electrons. The fraction of sp³-hybridized carbons (Fsp3) is 0.867. The third-order valence-electron chi connectivity index (χ3n) is 2.91. The molecule has 1 atom stereocenters. The molecule has 1 unspecified atom stereocenters. The lowest BCUT2D eigenvalue weighted by Gasteiger charge is -2.27. The van der Waals surface area contributed by atoms with Crippen molar-refractivity contribution in [1.29, 1.82) is 0 Å². The van der Waals surface area contributed by atoms with Gasteiger partial charge in [-0.25, -0.2) is 4.79 Å². The molecule has 0 rings (SSSR count). The van der Waals surface area contributed by atoms with Gasteiger partial charge in [0, 0.05) is 26.1 Å². The average Bonchev–Trinajstić information content (AvgIpc) is 2.31. The molecule has 0 saturated heterocycles. The predicted octanol–water partition coefficient (Wildman–Crippen LogP) is 2.81. The highest BCUT2D eigenvalue weighted by Crippen LogP contribution is 2.06. The first-order chi connectivity index (χ1) is 9.22. The van der Waals surface area contributed by atoms with Crippen LogP contribution in [0.3, 0.4) is 0 Å². The van der Waals surface area contributed by atoms with Gasteiger partial charge >= 0.3 is 12.0 Å². The minimum absolute atomic E-state index is 0.0467. The number of hydrogen-bond acceptors (Lipinski definition) is 2. The Hall–Kier alpha value is -1.26. The van der Waals surface area contributed by atoms with Crippen molar-refractivity contribution in [1.82, 2.24) is 10.2 Å². The smallest absolute Gasteiger partial charge is 0.317 e. The molecule has 0 saturated carbocycles. The van der Waals surface area contributed by atoms with Gasteiger partial charge in [-0.05, 0) is 24.2 Å². The van der Waals surface area contributed by atoms with Crippen molar-refractivity contribution in [2.75, 3.05) is 19.6 Å². The molecule has 2 N–H and O–H groups in total. The van der Waals surface area contributed by atoms with Crippen molar-refractivity contribution in [2.45, 2.75) is 47.5 Å². The molecular formula is C15H30N2O3. The summed E-state index contributed by atoms with van der Waals surface area (Å²) in [5.41, 5.74) is 0. The number of carboxylic acids is 1. The Morgan fingerprint density at radius 2 is 1.55 bits per heavy atom. The average molecular weight is 286 g/mol. The van der Waals surface area contributed by atoms with Gasteiger partial charge in [-0.1, -0.05) is 34.6 Å². The van der Waals surface area contributed by atoms with Crippen molar-refractivity contribution in [3.05, 3.63) is 0 Å². The summed E-state index contributed by atoms with van der Waals surface area (Å²) in [6.45, 7) is 12.3. The second kappa shape index (κ2) is 9.61. The highest BCUT2D eigenvalue weighted by Gasteiger charge is 2.16. The van der Waals surface area contributed by atoms with Crippen molar-refractivity contribution in [3.8, 4) is 0 Å². The third kappa shape index (κ3) is 9.64. The minimum Gasteiger partial charge on any atom is -0.481 e. The zero-order chi connectivity index (χ0) is 15.7. The Morgan fingerprint density at radius 3 is 1.95 bits per heavy atom. The zero-order valence-electron chi connectivity index (χ0n) is 13.5. The van der Waals surface area contributed by atoms with Gasteiger partial charge in [-0.3, -0.25) is 4.79 Å². The van der Waals surface area contributed by atoms with E-state index in [1.54, 1.807) is 0 Å². The summed E-state index contributed by atoms with van der Waals surface area (Å²) in [7, 11) is 0. The number of carbonyl (C=O) groups is 2. The summed E-state index contributed by atoms with van der Waals surface area (Å²) in [5, 5.41) is 11.5. The molecule has 0 aliphatic carbocycles. The quantitative estimate of drug-likeness (QED) is 0.684. The van der Waals surface area contributed by atoms with Crippen LogP contribution in [0.1, 0.15) is 47.5 Å². The normalized spacial score (nSPS) is 12.6. The Balaban J connectivity index is 4.20. The van der Waals surface area contributed by atoms with E-state index in [0.717, 1.165) is 13.1 Å². The zero-order valence-corrected chi connectivity index (χ0v) is 13.5. The van der Waals surface area contributed by atoms with Crippen LogP contribution in [0.2, 0.25) is 0 Å². The summed E-state index contributed by atoms with van der Waals surface area (Å²) in [5.74, 6) is 0.257. The van der Waals surface area contributed by atoms with Crippen LogP contribution in [0.5, 0.6) is 0 Å². The maximum atomic E-state index is 12.2. The largest absolute Gasteiger partial charge is 0.481 e. The van der Waals surface area contributed by atoms with Gasteiger partial charge in [-0.2, -0.15) is 0 Å². The first-order valence-corrected chi connectivity index (χ1v) is 7.46. The highest BCUT2D eigenvalue weighted by atomic mass is 16.4. The van der Waals surface area contributed by atoms with Crippen LogP contribution < -0.4 is 5.32 Å². The summed E-state index contributed by atoms with van der Waals surface area (Å²) < 4.78 is 0. The molecule has 0 aromatic heterocycles. The van der Waals surface area contributed by atoms with Gasteiger partial charge in [0.15, 0.2) is 0 Å². The van der Waals surface area contributed by atoms with Gasteiger partial charge in [0.1, 0.15) is 0 Å². The fourth-order valence-electron chi connectivity index (χ4n) is 1.97. The number of rotatable bonds is 9. The van der Waals surface area contributed by atoms with Gasteiger partial charge in [-0.15, -0.1) is 0 Å². The lowest BCUT2D eigenvalue weighted by Crippen LogP contribution is -2.44. The maximum Gasteiger partial charge on any atom is 0.317 e. The number of urea groups is 1. The first kappa shape index (κ1) is 18.7. The Bertz CT molecular complexity index is 293. The second-order valence-electron chi connectivity index (χ2n) is 6.42. The van der Waals surface area contributed by atoms with Crippen molar-refractivity contribution >= 4 is 12.0 Å². The van der Waals surface area contributed by atoms with Crippen LogP contribution in [-0.4, -0.2) is 41.6 Å². The van der Waals surface area contributed by atoms with Crippen LogP contribution in [-0.2, 0) is 4.79 Å². The SMILES string of the molecule is CC(C)CN(CC(C)C)C(=O)NCC(C)CCC(=O)O. The fourth-order valence-corrected chi connectivity index (χ4v) is 1.97. The molecule has 0 aliphatic heterocycles. The number of amides is 2. The number of nitrogens with one attached hydrogen (secondary N) is 1. The van der Waals surface area contributed by atoms with E-state index in [1.165, 1.54) is 0 Å². The molecule has 5 heteroatoms. The molecule has 0 aliphatic rings. The lowest BCUT2D eigenvalue weighted by atomic mass is 10.1. The highest BCUT2D eigenvalue weighted by molar-refractivity contribution is 5.74. The van der Waals surface area contributed by atoms with Gasteiger partial charge < -0.3 is 15.3 Å². The summed E-state index contributed by atoms with van der Waals surface area (Å²) >= 11 is 0. The Labute approximate surface area is 122 Å². The molecule has 5 nitrogen and oxygen atoms in total. The van der Waals surface area contributed by atoms with E-state index in [0.29, 0.717) is 24.8 Å². The lowest BCUT2D eigenvalue weighted by molar-refractivity contribution is -0.137. The molecule has 0 radical (unpaired) electrons. The molecule has 0 fully saturated rings. The van der Waals surface area contributed by atoms with E-state index in [4.69, 9.17) is 5.11 Å². The second-order valence-corrected chi connectivity index (χ2v) is 6.42. The third-order valence-corrected chi connectivity index (χ3v) is 2.91. The Morgan fingerprint density at radius 1 is 1.05 bits per heavy atom. The van der Waals surface area contributed by atoms with E-state index in [9.17, 15) is 9.59 Å². The maximum absolute atomic E-state index is 12.2. The standard InChI is InChI=1S/C15H30N2O3/c1-11(2)9-17(10-12(3)4)15(20)16-8-13(5)6-7-14(18)19/h11-13H,6-10H2,1-5H3,(H,16,20)(H,18,19). The van der Waals surface area contributed by atoms with Crippen LogP contribution in [0.15, 0.2) is 0 Å². The molecule has 0 aromatic rings. The number of aliphatic carboxylic acids is 1. The van der Waals surface area contributed by atoms with E-state index in [1.807, 2.05) is 11.8 Å². The van der Waals surface area contributed by atoms with Crippen molar-refractivity contribution in [3.63, 3.8) is 0 Å². The molecule has 0 aromatic carbocycles. The van der Waals surface area contributed by atoms with Crippen LogP contribution in [0.4, 0.5) is 4.79 Å². The number of carboxylic acid groups (broad SMARTS) is 1. The van der Waals surface area contributed by atoms with E-state index in [-0.39, 0.29) is 18.4 Å². The van der Waals surface area contributed by atoms with E-state index < -0.39 is 5.97 Å². The number of hydrogen-bond donors (Lipinski definition) is 2. The summed E-state index contributed by atoms with van der Waals surface area (Å²) in [6.07, 6.45) is 0.739. The predicted molar refractivity (Wildman–Crippen MR) is 80.7 cm³/mol. The Kier molecular flexibility index (Phi) is 9.01. The molecule has 20 heavy (non-hydrogen) atoms. The molecule has 0 heterocycles. The van der Waals surface area contributed by atoms with Crippen LogP contribution in [0, 0.1) is 17.8 Å². The topological polar surface area (TPSA) is 69.6 Å². The van der Waals surface area contributed by atoms with Crippen LogP contribution in [0.25, 0.3) is 0 Å². The van der Waals surface area contributed by atoms with E-state index >= 15 is 0 Å². The first-order valence-electron chi connectivity index (χ1n) is 7.46.